The lowest BCUT2D eigenvalue weighted by Gasteiger charge is -2.38. The molecule has 2 unspecified atom stereocenters. The van der Waals surface area contributed by atoms with Crippen LogP contribution < -0.4 is 20.9 Å². The minimum Gasteiger partial charge on any atom is -0.457 e. The summed E-state index contributed by atoms with van der Waals surface area (Å²) in [5.41, 5.74) is 16.9. The number of piperidine rings is 2. The first-order valence-electron chi connectivity index (χ1n) is 20.2. The van der Waals surface area contributed by atoms with E-state index in [0.717, 1.165) is 22.6 Å². The number of hydrogen-bond donors (Lipinski definition) is 2. The molecule has 2 atom stereocenters. The zero-order valence-corrected chi connectivity index (χ0v) is 33.8. The summed E-state index contributed by atoms with van der Waals surface area (Å²) in [6.07, 6.45) is 5.54. The van der Waals surface area contributed by atoms with Crippen molar-refractivity contribution < 1.29 is 17.9 Å². The highest BCUT2D eigenvalue weighted by Crippen LogP contribution is 2.38. The van der Waals surface area contributed by atoms with E-state index in [4.69, 9.17) is 31.1 Å². The molecule has 2 aliphatic heterocycles. The van der Waals surface area contributed by atoms with E-state index in [0.29, 0.717) is 95.4 Å². The molecule has 0 bridgehead atoms. The largest absolute Gasteiger partial charge is 0.457 e. The Morgan fingerprint density at radius 2 is 0.918 bits per heavy atom. The average molecular weight is 835 g/mol. The van der Waals surface area contributed by atoms with Gasteiger partial charge in [-0.25, -0.2) is 29.3 Å². The van der Waals surface area contributed by atoms with Gasteiger partial charge in [0.15, 0.2) is 11.3 Å². The molecule has 0 aliphatic carbocycles. The number of benzene rings is 4. The Hall–Kier alpha value is -6.95. The smallest absolute Gasteiger partial charge is 0.282 e. The number of ether oxygens (including phenoxy) is 2. The minimum atomic E-state index is -3.90. The van der Waals surface area contributed by atoms with E-state index in [-0.39, 0.29) is 25.2 Å². The van der Waals surface area contributed by atoms with Gasteiger partial charge in [0.1, 0.15) is 58.7 Å². The van der Waals surface area contributed by atoms with E-state index in [1.807, 2.05) is 119 Å². The fourth-order valence-electron chi connectivity index (χ4n) is 8.34. The molecule has 6 heterocycles. The summed E-state index contributed by atoms with van der Waals surface area (Å²) in [7, 11) is -3.90. The highest BCUT2D eigenvalue weighted by atomic mass is 32.2. The molecule has 0 spiro atoms. The maximum atomic E-state index is 14.6. The van der Waals surface area contributed by atoms with E-state index < -0.39 is 10.2 Å². The van der Waals surface area contributed by atoms with Crippen LogP contribution in [-0.4, -0.2) is 82.7 Å². The van der Waals surface area contributed by atoms with E-state index in [1.165, 1.54) is 12.7 Å². The second-order valence-corrected chi connectivity index (χ2v) is 17.1. The monoisotopic (exact) mass is 834 g/mol. The van der Waals surface area contributed by atoms with Gasteiger partial charge in [-0.05, 0) is 98.5 Å². The molecule has 17 heteroatoms. The lowest BCUT2D eigenvalue weighted by atomic mass is 10.1. The number of nitrogens with zero attached hydrogens (tertiary/aromatic N) is 10. The molecule has 0 amide bonds. The van der Waals surface area contributed by atoms with Gasteiger partial charge < -0.3 is 20.9 Å². The first-order valence-corrected chi connectivity index (χ1v) is 21.6. The molecule has 0 saturated carbocycles. The number of aromatic nitrogens is 8. The Bertz CT molecular complexity index is 2750. The second kappa shape index (κ2) is 15.9. The van der Waals surface area contributed by atoms with Gasteiger partial charge in [-0.2, -0.15) is 27.2 Å². The van der Waals surface area contributed by atoms with Crippen molar-refractivity contribution in [3.05, 3.63) is 122 Å². The summed E-state index contributed by atoms with van der Waals surface area (Å²) in [6.45, 7) is 1.20. The van der Waals surface area contributed by atoms with Gasteiger partial charge in [-0.1, -0.05) is 36.4 Å². The zero-order chi connectivity index (χ0) is 41.5. The van der Waals surface area contributed by atoms with E-state index >= 15 is 0 Å². The molecular weight excluding hydrogens is 793 g/mol. The SMILES string of the molecule is Nc1ncnc2c1c(-c1ccc(Oc3ccccc3)cc1)nn2C1CCCN(S(=O)(=O)N2CCCC(n3nc(-c4ccc(Oc5ccccc5)cc4)c4c(N)ncnc43)C2)C1. The van der Waals surface area contributed by atoms with Crippen molar-refractivity contribution in [3.63, 3.8) is 0 Å². The average Bonchev–Trinajstić information content (AvgIpc) is 3.89. The Labute approximate surface area is 351 Å². The van der Waals surface area contributed by atoms with E-state index in [1.54, 1.807) is 8.61 Å². The molecular formula is C44H42N12O4S. The zero-order valence-electron chi connectivity index (χ0n) is 33.0. The van der Waals surface area contributed by atoms with Crippen molar-refractivity contribution in [2.45, 2.75) is 37.8 Å². The maximum absolute atomic E-state index is 14.6. The van der Waals surface area contributed by atoms with Gasteiger partial charge in [-0.15, -0.1) is 0 Å². The highest BCUT2D eigenvalue weighted by molar-refractivity contribution is 7.86. The van der Waals surface area contributed by atoms with Crippen LogP contribution in [0.1, 0.15) is 37.8 Å². The van der Waals surface area contributed by atoms with Gasteiger partial charge in [0, 0.05) is 37.3 Å². The van der Waals surface area contributed by atoms with Crippen molar-refractivity contribution in [2.75, 3.05) is 37.6 Å². The van der Waals surface area contributed by atoms with Crippen LogP contribution in [0.3, 0.4) is 0 Å². The number of hydrogen-bond acceptors (Lipinski definition) is 12. The standard InChI is InChI=1S/C44H42N12O4S/c45-41-37-39(29-15-19-35(20-16-29)59-33-11-3-1-4-12-33)51-55(43(37)49-27-47-41)31-9-7-23-53(25-31)61(57,58)54-24-8-10-32(26-54)56-44-38(42(46)48-28-50-44)40(52-56)30-17-21-36(22-18-30)60-34-13-5-2-6-14-34/h1-6,11-22,27-28,31-32H,7-10,23-26H2,(H2,45,47,49)(H2,46,48,50). The van der Waals surface area contributed by atoms with Crippen LogP contribution >= 0.6 is 0 Å². The quantitative estimate of drug-likeness (QED) is 0.140. The van der Waals surface area contributed by atoms with Crippen LogP contribution in [0.15, 0.2) is 122 Å². The van der Waals surface area contributed by atoms with Crippen LogP contribution in [0.4, 0.5) is 11.6 Å². The van der Waals surface area contributed by atoms with E-state index in [2.05, 4.69) is 19.9 Å². The number of nitrogen functional groups attached to an aromatic ring is 2. The van der Waals surface area contributed by atoms with Gasteiger partial charge >= 0.3 is 0 Å². The molecule has 4 aromatic carbocycles. The van der Waals surface area contributed by atoms with Gasteiger partial charge in [0.2, 0.25) is 0 Å². The summed E-state index contributed by atoms with van der Waals surface area (Å²) >= 11 is 0. The lowest BCUT2D eigenvalue weighted by molar-refractivity contribution is 0.212. The Kier molecular flexibility index (Phi) is 9.98. The Balaban J connectivity index is 0.895. The summed E-state index contributed by atoms with van der Waals surface area (Å²) in [5, 5.41) is 11.3. The molecule has 4 N–H and O–H groups in total. The normalized spacial score (nSPS) is 17.8. The fourth-order valence-corrected chi connectivity index (χ4v) is 10.1. The van der Waals surface area contributed by atoms with Crippen LogP contribution in [0.5, 0.6) is 23.0 Å². The molecule has 308 valence electrons. The van der Waals surface area contributed by atoms with Crippen molar-refractivity contribution in [2.24, 2.45) is 0 Å². The van der Waals surface area contributed by atoms with Crippen LogP contribution in [-0.2, 0) is 10.2 Å². The van der Waals surface area contributed by atoms with Gasteiger partial charge in [-0.3, -0.25) is 0 Å². The molecule has 2 fully saturated rings. The Morgan fingerprint density at radius 3 is 1.33 bits per heavy atom. The maximum Gasteiger partial charge on any atom is 0.282 e. The molecule has 4 aromatic heterocycles. The summed E-state index contributed by atoms with van der Waals surface area (Å²) in [4.78, 5) is 17.8. The van der Waals surface area contributed by atoms with Crippen molar-refractivity contribution >= 4 is 43.9 Å². The number of fused-ring (bicyclic) bond motifs is 2. The van der Waals surface area contributed by atoms with Crippen molar-refractivity contribution in [3.8, 4) is 45.5 Å². The Morgan fingerprint density at radius 1 is 0.525 bits per heavy atom. The third-order valence-corrected chi connectivity index (χ3v) is 13.3. The van der Waals surface area contributed by atoms with Crippen LogP contribution in [0.25, 0.3) is 44.6 Å². The number of nitrogens with two attached hydrogens (primary N) is 2. The lowest BCUT2D eigenvalue weighted by Crippen LogP contribution is -2.51. The van der Waals surface area contributed by atoms with Gasteiger partial charge in [0.25, 0.3) is 10.2 Å². The van der Waals surface area contributed by atoms with Crippen molar-refractivity contribution in [1.82, 2.24) is 48.1 Å². The molecule has 61 heavy (non-hydrogen) atoms. The molecule has 2 aliphatic rings. The minimum absolute atomic E-state index is 0.218. The molecule has 2 saturated heterocycles. The molecule has 16 nitrogen and oxygen atoms in total. The summed E-state index contributed by atoms with van der Waals surface area (Å²) in [5.74, 6) is 3.41. The summed E-state index contributed by atoms with van der Waals surface area (Å²) < 4.78 is 48.0. The predicted octanol–water partition coefficient (Wildman–Crippen LogP) is 7.27. The third-order valence-electron chi connectivity index (χ3n) is 11.3. The van der Waals surface area contributed by atoms with Crippen molar-refractivity contribution in [1.29, 1.82) is 0 Å². The van der Waals surface area contributed by atoms with Crippen LogP contribution in [0, 0.1) is 0 Å². The third kappa shape index (κ3) is 7.36. The molecule has 10 rings (SSSR count). The predicted molar refractivity (Wildman–Crippen MR) is 232 cm³/mol. The number of para-hydroxylation sites is 2. The first-order chi connectivity index (χ1) is 29.8. The number of anilines is 2. The second-order valence-electron chi connectivity index (χ2n) is 15.2. The van der Waals surface area contributed by atoms with Gasteiger partial charge in [0.05, 0.1) is 22.9 Å². The number of rotatable bonds is 10. The topological polar surface area (TPSA) is 198 Å². The summed E-state index contributed by atoms with van der Waals surface area (Å²) in [6, 6.07) is 33.7. The molecule has 8 aromatic rings. The van der Waals surface area contributed by atoms with Crippen LogP contribution in [0.2, 0.25) is 0 Å². The molecule has 0 radical (unpaired) electrons. The highest BCUT2D eigenvalue weighted by Gasteiger charge is 2.39. The van der Waals surface area contributed by atoms with E-state index in [9.17, 15) is 8.42 Å². The fraction of sp³-hybridized carbons (Fsp3) is 0.227. The first kappa shape index (κ1) is 38.3.